The number of fused-ring (bicyclic) bond motifs is 1. The van der Waals surface area contributed by atoms with Crippen LogP contribution in [0.2, 0.25) is 0 Å². The first-order valence-corrected chi connectivity index (χ1v) is 9.02. The zero-order valence-electron chi connectivity index (χ0n) is 14.5. The van der Waals surface area contributed by atoms with E-state index in [1.807, 2.05) is 35.2 Å². The summed E-state index contributed by atoms with van der Waals surface area (Å²) in [6.07, 6.45) is 2.85. The highest BCUT2D eigenvalue weighted by Crippen LogP contribution is 2.41. The van der Waals surface area contributed by atoms with Crippen LogP contribution in [0, 0.1) is 5.41 Å². The van der Waals surface area contributed by atoms with E-state index in [4.69, 9.17) is 4.52 Å². The van der Waals surface area contributed by atoms with Crippen molar-refractivity contribution in [3.63, 3.8) is 0 Å². The van der Waals surface area contributed by atoms with Crippen molar-refractivity contribution in [2.24, 2.45) is 5.41 Å². The zero-order chi connectivity index (χ0) is 18.1. The summed E-state index contributed by atoms with van der Waals surface area (Å²) in [5, 5.41) is 27.3. The van der Waals surface area contributed by atoms with Crippen molar-refractivity contribution >= 4 is 11.8 Å². The normalized spacial score (nSPS) is 25.7. The number of benzene rings is 1. The van der Waals surface area contributed by atoms with Crippen molar-refractivity contribution in [3.8, 4) is 11.3 Å². The number of aromatic nitrogens is 1. The maximum absolute atomic E-state index is 11.9. The summed E-state index contributed by atoms with van der Waals surface area (Å²) in [5.74, 6) is -0.394. The Hall–Kier alpha value is -2.38. The van der Waals surface area contributed by atoms with Crippen LogP contribution in [0.1, 0.15) is 29.6 Å². The molecule has 1 aromatic carbocycles. The highest BCUT2D eigenvalue weighted by Gasteiger charge is 2.45. The maximum Gasteiger partial charge on any atom is 0.343 e. The molecule has 1 aromatic heterocycles. The van der Waals surface area contributed by atoms with E-state index >= 15 is 0 Å². The van der Waals surface area contributed by atoms with Gasteiger partial charge in [0, 0.05) is 30.1 Å². The lowest BCUT2D eigenvalue weighted by atomic mass is 9.70. The summed E-state index contributed by atoms with van der Waals surface area (Å²) in [7, 11) is 0. The Kier molecular flexibility index (Phi) is 4.42. The van der Waals surface area contributed by atoms with Gasteiger partial charge in [-0.2, -0.15) is 0 Å². The van der Waals surface area contributed by atoms with Crippen molar-refractivity contribution < 1.29 is 19.5 Å². The zero-order valence-corrected chi connectivity index (χ0v) is 14.5. The maximum atomic E-state index is 11.9. The van der Waals surface area contributed by atoms with Crippen LogP contribution < -0.4 is 10.2 Å². The molecule has 2 aromatic rings. The first-order valence-electron chi connectivity index (χ1n) is 9.02. The summed E-state index contributed by atoms with van der Waals surface area (Å²) < 4.78 is 5.44. The number of carbonyl (C=O) groups is 1. The van der Waals surface area contributed by atoms with E-state index in [1.165, 1.54) is 0 Å². The standard InChI is InChI=1S/C19H23N3O4/c23-12-19-7-4-9-20-14(19)11-22(10-8-19)17-15(18(24)25)16(26-21-17)13-5-2-1-3-6-13/h1-3,5-6,14,20,23H,4,7-12H2,(H,24,25)/t14-,19-/m1/s1. The number of anilines is 1. The molecular weight excluding hydrogens is 334 g/mol. The first kappa shape index (κ1) is 17.1. The molecule has 3 N–H and O–H groups in total. The number of aromatic carboxylic acids is 1. The van der Waals surface area contributed by atoms with Gasteiger partial charge in [-0.1, -0.05) is 35.5 Å². The van der Waals surface area contributed by atoms with Gasteiger partial charge >= 0.3 is 5.97 Å². The van der Waals surface area contributed by atoms with E-state index in [1.54, 1.807) is 0 Å². The lowest BCUT2D eigenvalue weighted by molar-refractivity contribution is 0.0335. The lowest BCUT2D eigenvalue weighted by Crippen LogP contribution is -2.61. The fourth-order valence-corrected chi connectivity index (χ4v) is 4.27. The van der Waals surface area contributed by atoms with Crippen LogP contribution in [0.15, 0.2) is 34.9 Å². The summed E-state index contributed by atoms with van der Waals surface area (Å²) in [6.45, 7) is 2.33. The summed E-state index contributed by atoms with van der Waals surface area (Å²) in [4.78, 5) is 13.9. The van der Waals surface area contributed by atoms with Gasteiger partial charge in [0.2, 0.25) is 0 Å². The number of aliphatic hydroxyl groups is 1. The predicted octanol–water partition coefficient (Wildman–Crippen LogP) is 1.98. The van der Waals surface area contributed by atoms with Crippen LogP contribution in [0.4, 0.5) is 5.82 Å². The van der Waals surface area contributed by atoms with Gasteiger partial charge in [-0.05, 0) is 25.8 Å². The number of nitrogens with zero attached hydrogens (tertiary/aromatic N) is 2. The predicted molar refractivity (Wildman–Crippen MR) is 96.3 cm³/mol. The molecule has 0 saturated carbocycles. The highest BCUT2D eigenvalue weighted by atomic mass is 16.5. The molecule has 0 spiro atoms. The van der Waals surface area contributed by atoms with E-state index in [9.17, 15) is 15.0 Å². The molecule has 2 saturated heterocycles. The molecule has 0 unspecified atom stereocenters. The molecule has 0 radical (unpaired) electrons. The number of carboxylic acids is 1. The minimum atomic E-state index is -1.05. The molecule has 0 bridgehead atoms. The van der Waals surface area contributed by atoms with Gasteiger partial charge in [0.1, 0.15) is 0 Å². The van der Waals surface area contributed by atoms with E-state index < -0.39 is 5.97 Å². The van der Waals surface area contributed by atoms with Crippen molar-refractivity contribution in [2.75, 3.05) is 31.1 Å². The first-order chi connectivity index (χ1) is 12.6. The molecule has 3 heterocycles. The molecule has 26 heavy (non-hydrogen) atoms. The Morgan fingerprint density at radius 1 is 1.35 bits per heavy atom. The third-order valence-electron chi connectivity index (χ3n) is 5.80. The van der Waals surface area contributed by atoms with E-state index in [-0.39, 0.29) is 29.4 Å². The molecule has 7 nitrogen and oxygen atoms in total. The number of nitrogens with one attached hydrogen (secondary N) is 1. The van der Waals surface area contributed by atoms with Crippen LogP contribution in [0.25, 0.3) is 11.3 Å². The lowest BCUT2D eigenvalue weighted by Gasteiger charge is -2.50. The molecule has 2 aliphatic heterocycles. The fraction of sp³-hybridized carbons (Fsp3) is 0.474. The van der Waals surface area contributed by atoms with E-state index in [0.29, 0.717) is 24.5 Å². The molecule has 0 aliphatic carbocycles. The molecule has 138 valence electrons. The number of piperidine rings is 2. The largest absolute Gasteiger partial charge is 0.477 e. The molecule has 0 amide bonds. The van der Waals surface area contributed by atoms with E-state index in [2.05, 4.69) is 10.5 Å². The summed E-state index contributed by atoms with van der Waals surface area (Å²) in [6, 6.07) is 9.29. The Labute approximate surface area is 151 Å². The fourth-order valence-electron chi connectivity index (χ4n) is 4.27. The minimum absolute atomic E-state index is 0.100. The number of hydrogen-bond donors (Lipinski definition) is 3. The molecular formula is C19H23N3O4. The van der Waals surface area contributed by atoms with Gasteiger partial charge in [0.15, 0.2) is 17.1 Å². The van der Waals surface area contributed by atoms with Gasteiger partial charge in [-0.3, -0.25) is 0 Å². The monoisotopic (exact) mass is 357 g/mol. The SMILES string of the molecule is O=C(O)c1c(N2CC[C@@]3(CO)CCCN[C@@H]3C2)noc1-c1ccccc1. The molecule has 2 aliphatic rings. The topological polar surface area (TPSA) is 98.8 Å². The van der Waals surface area contributed by atoms with Gasteiger partial charge in [0.25, 0.3) is 0 Å². The quantitative estimate of drug-likeness (QED) is 0.769. The smallest absolute Gasteiger partial charge is 0.343 e. The average Bonchev–Trinajstić information content (AvgIpc) is 3.13. The van der Waals surface area contributed by atoms with Crippen LogP contribution >= 0.6 is 0 Å². The Balaban J connectivity index is 1.67. The van der Waals surface area contributed by atoms with Crippen molar-refractivity contribution in [3.05, 3.63) is 35.9 Å². The van der Waals surface area contributed by atoms with Gasteiger partial charge in [-0.25, -0.2) is 4.79 Å². The van der Waals surface area contributed by atoms with Crippen LogP contribution in [0.5, 0.6) is 0 Å². The molecule has 2 fully saturated rings. The van der Waals surface area contributed by atoms with Gasteiger partial charge in [0.05, 0.1) is 6.61 Å². The molecule has 4 rings (SSSR count). The van der Waals surface area contributed by atoms with E-state index in [0.717, 1.165) is 25.8 Å². The molecule has 2 atom stereocenters. The highest BCUT2D eigenvalue weighted by molar-refractivity contribution is 5.99. The minimum Gasteiger partial charge on any atom is -0.477 e. The second kappa shape index (κ2) is 6.74. The Morgan fingerprint density at radius 2 is 2.15 bits per heavy atom. The number of hydrogen-bond acceptors (Lipinski definition) is 6. The molecule has 7 heteroatoms. The van der Waals surface area contributed by atoms with Crippen LogP contribution in [0.3, 0.4) is 0 Å². The Morgan fingerprint density at radius 3 is 2.88 bits per heavy atom. The number of rotatable bonds is 4. The Bertz CT molecular complexity index is 791. The summed E-state index contributed by atoms with van der Waals surface area (Å²) in [5.41, 5.74) is 0.675. The average molecular weight is 357 g/mol. The van der Waals surface area contributed by atoms with Gasteiger partial charge in [-0.15, -0.1) is 0 Å². The second-order valence-corrected chi connectivity index (χ2v) is 7.21. The van der Waals surface area contributed by atoms with Crippen molar-refractivity contribution in [2.45, 2.75) is 25.3 Å². The van der Waals surface area contributed by atoms with Crippen LogP contribution in [-0.4, -0.2) is 53.6 Å². The summed E-state index contributed by atoms with van der Waals surface area (Å²) >= 11 is 0. The van der Waals surface area contributed by atoms with Crippen molar-refractivity contribution in [1.82, 2.24) is 10.5 Å². The number of carboxylic acid groups (broad SMARTS) is 1. The second-order valence-electron chi connectivity index (χ2n) is 7.21. The van der Waals surface area contributed by atoms with Crippen molar-refractivity contribution in [1.29, 1.82) is 0 Å². The number of aliphatic hydroxyl groups excluding tert-OH is 1. The third-order valence-corrected chi connectivity index (χ3v) is 5.80. The van der Waals surface area contributed by atoms with Crippen LogP contribution in [-0.2, 0) is 0 Å². The third kappa shape index (κ3) is 2.77. The van der Waals surface area contributed by atoms with Gasteiger partial charge < -0.3 is 25.0 Å².